The van der Waals surface area contributed by atoms with Crippen LogP contribution >= 0.6 is 15.9 Å². The van der Waals surface area contributed by atoms with Gasteiger partial charge in [-0.1, -0.05) is 78.5 Å². The molecule has 0 fully saturated rings. The number of benzene rings is 4. The van der Waals surface area contributed by atoms with Crippen LogP contribution in [0.2, 0.25) is 0 Å². The molecule has 2 amide bonds. The molecule has 6 heteroatoms. The highest BCUT2D eigenvalue weighted by atomic mass is 79.9. The van der Waals surface area contributed by atoms with Gasteiger partial charge in [-0.2, -0.15) is 0 Å². The first kappa shape index (κ1) is 27.4. The van der Waals surface area contributed by atoms with Gasteiger partial charge in [0.25, 0.3) is 11.8 Å². The molecule has 0 saturated carbocycles. The molecule has 4 aromatic rings. The summed E-state index contributed by atoms with van der Waals surface area (Å²) in [5, 5.41) is 5.06. The predicted molar refractivity (Wildman–Crippen MR) is 159 cm³/mol. The summed E-state index contributed by atoms with van der Waals surface area (Å²) in [6.07, 6.45) is 4.40. The van der Waals surface area contributed by atoms with Crippen LogP contribution in [0.3, 0.4) is 0 Å². The second-order valence-corrected chi connectivity index (χ2v) is 10.0. The fourth-order valence-corrected chi connectivity index (χ4v) is 4.79. The van der Waals surface area contributed by atoms with Gasteiger partial charge >= 0.3 is 0 Å². The standard InChI is InChI=1S/C32H33BrN2O3/c1-3-5-6-9-21-38-30-20-17-25(33)22-28(30)31(36)34-26-18-15-24(16-19-26)32(37)35(4-2)29-14-10-12-23-11-7-8-13-27(23)29/h7-8,10-20,22H,3-6,9,21H2,1-2H3,(H,34,36). The van der Waals surface area contributed by atoms with Gasteiger partial charge in [-0.3, -0.25) is 9.59 Å². The van der Waals surface area contributed by atoms with Crippen LogP contribution in [0.25, 0.3) is 10.8 Å². The van der Waals surface area contributed by atoms with Gasteiger partial charge < -0.3 is 15.0 Å². The third-order valence-corrected chi connectivity index (χ3v) is 6.94. The van der Waals surface area contributed by atoms with Crippen LogP contribution in [0.4, 0.5) is 11.4 Å². The lowest BCUT2D eigenvalue weighted by molar-refractivity contribution is 0.0987. The maximum atomic E-state index is 13.4. The Kier molecular flexibility index (Phi) is 9.55. The third kappa shape index (κ3) is 6.62. The summed E-state index contributed by atoms with van der Waals surface area (Å²) < 4.78 is 6.73. The van der Waals surface area contributed by atoms with Crippen LogP contribution in [-0.4, -0.2) is 25.0 Å². The average Bonchev–Trinajstić information content (AvgIpc) is 2.94. The highest BCUT2D eigenvalue weighted by Crippen LogP contribution is 2.29. The van der Waals surface area contributed by atoms with Gasteiger partial charge in [0.05, 0.1) is 17.9 Å². The summed E-state index contributed by atoms with van der Waals surface area (Å²) in [6, 6.07) is 26.5. The molecular weight excluding hydrogens is 540 g/mol. The van der Waals surface area contributed by atoms with E-state index in [9.17, 15) is 9.59 Å². The topological polar surface area (TPSA) is 58.6 Å². The molecule has 4 aromatic carbocycles. The van der Waals surface area contributed by atoms with Crippen LogP contribution in [0.5, 0.6) is 5.75 Å². The molecule has 5 nitrogen and oxygen atoms in total. The smallest absolute Gasteiger partial charge is 0.259 e. The molecule has 0 spiro atoms. The molecule has 0 unspecified atom stereocenters. The molecule has 0 atom stereocenters. The number of unbranched alkanes of at least 4 members (excludes halogenated alkanes) is 3. The number of rotatable bonds is 11. The minimum Gasteiger partial charge on any atom is -0.493 e. The maximum Gasteiger partial charge on any atom is 0.259 e. The second kappa shape index (κ2) is 13.2. The summed E-state index contributed by atoms with van der Waals surface area (Å²) in [6.45, 7) is 5.25. The van der Waals surface area contributed by atoms with Crippen molar-refractivity contribution in [2.24, 2.45) is 0 Å². The molecule has 0 aliphatic heterocycles. The van der Waals surface area contributed by atoms with E-state index in [1.807, 2.05) is 61.5 Å². The van der Waals surface area contributed by atoms with E-state index in [-0.39, 0.29) is 11.8 Å². The minimum atomic E-state index is -0.264. The number of carbonyl (C=O) groups is 2. The summed E-state index contributed by atoms with van der Waals surface area (Å²) in [7, 11) is 0. The molecule has 0 radical (unpaired) electrons. The summed E-state index contributed by atoms with van der Waals surface area (Å²) in [4.78, 5) is 28.3. The Bertz CT molecular complexity index is 1400. The van der Waals surface area contributed by atoms with Gasteiger partial charge in [0.15, 0.2) is 0 Å². The van der Waals surface area contributed by atoms with Gasteiger partial charge in [0.1, 0.15) is 5.75 Å². The first-order valence-corrected chi connectivity index (χ1v) is 13.9. The zero-order valence-electron chi connectivity index (χ0n) is 21.9. The SMILES string of the molecule is CCCCCCOc1ccc(Br)cc1C(=O)Nc1ccc(C(=O)N(CC)c2cccc3ccccc23)cc1. The number of hydrogen-bond donors (Lipinski definition) is 1. The van der Waals surface area contributed by atoms with E-state index < -0.39 is 0 Å². The molecule has 0 bridgehead atoms. The van der Waals surface area contributed by atoms with Crippen molar-refractivity contribution < 1.29 is 14.3 Å². The van der Waals surface area contributed by atoms with Crippen molar-refractivity contribution in [2.45, 2.75) is 39.5 Å². The number of anilines is 2. The van der Waals surface area contributed by atoms with E-state index in [1.165, 1.54) is 6.42 Å². The van der Waals surface area contributed by atoms with Crippen LogP contribution in [0, 0.1) is 0 Å². The van der Waals surface area contributed by atoms with Crippen molar-refractivity contribution in [3.05, 3.63) is 101 Å². The number of nitrogens with zero attached hydrogens (tertiary/aromatic N) is 1. The highest BCUT2D eigenvalue weighted by molar-refractivity contribution is 9.10. The number of hydrogen-bond acceptors (Lipinski definition) is 3. The molecule has 0 aliphatic rings. The molecule has 38 heavy (non-hydrogen) atoms. The number of amides is 2. The number of halogens is 1. The molecule has 0 heterocycles. The molecule has 0 aromatic heterocycles. The Morgan fingerprint density at radius 3 is 2.39 bits per heavy atom. The molecule has 4 rings (SSSR count). The van der Waals surface area contributed by atoms with Crippen molar-refractivity contribution in [3.63, 3.8) is 0 Å². The number of ether oxygens (including phenoxy) is 1. The fraction of sp³-hybridized carbons (Fsp3) is 0.250. The van der Waals surface area contributed by atoms with Gasteiger partial charge in [-0.15, -0.1) is 0 Å². The lowest BCUT2D eigenvalue weighted by atomic mass is 10.1. The van der Waals surface area contributed by atoms with Crippen LogP contribution in [0.15, 0.2) is 89.4 Å². The van der Waals surface area contributed by atoms with Crippen LogP contribution < -0.4 is 15.0 Å². The summed E-state index contributed by atoms with van der Waals surface area (Å²) in [5.41, 5.74) is 2.50. The largest absolute Gasteiger partial charge is 0.493 e. The van der Waals surface area contributed by atoms with E-state index in [0.717, 1.165) is 40.2 Å². The Hall–Kier alpha value is -3.64. The van der Waals surface area contributed by atoms with E-state index in [0.29, 0.717) is 35.7 Å². The maximum absolute atomic E-state index is 13.4. The lowest BCUT2D eigenvalue weighted by Crippen LogP contribution is -2.30. The molecular formula is C32H33BrN2O3. The predicted octanol–water partition coefficient (Wildman–Crippen LogP) is 8.48. The van der Waals surface area contributed by atoms with Crippen LogP contribution in [0.1, 0.15) is 60.2 Å². The highest BCUT2D eigenvalue weighted by Gasteiger charge is 2.19. The van der Waals surface area contributed by atoms with Gasteiger partial charge in [-0.05, 0) is 67.3 Å². The van der Waals surface area contributed by atoms with E-state index in [2.05, 4.69) is 28.2 Å². The Balaban J connectivity index is 1.47. The van der Waals surface area contributed by atoms with Gasteiger partial charge in [0.2, 0.25) is 0 Å². The Morgan fingerprint density at radius 1 is 0.868 bits per heavy atom. The van der Waals surface area contributed by atoms with Gasteiger partial charge in [0, 0.05) is 27.7 Å². The first-order valence-electron chi connectivity index (χ1n) is 13.1. The van der Waals surface area contributed by atoms with E-state index in [1.54, 1.807) is 35.2 Å². The average molecular weight is 574 g/mol. The van der Waals surface area contributed by atoms with Crippen molar-refractivity contribution in [1.29, 1.82) is 0 Å². The number of nitrogens with one attached hydrogen (secondary N) is 1. The zero-order valence-corrected chi connectivity index (χ0v) is 23.5. The van der Waals surface area contributed by atoms with E-state index in [4.69, 9.17) is 4.74 Å². The molecule has 0 saturated heterocycles. The summed E-state index contributed by atoms with van der Waals surface area (Å²) in [5.74, 6) is 0.204. The van der Waals surface area contributed by atoms with Crippen molar-refractivity contribution >= 4 is 49.9 Å². The van der Waals surface area contributed by atoms with Crippen LogP contribution in [-0.2, 0) is 0 Å². The molecule has 0 aliphatic carbocycles. The normalized spacial score (nSPS) is 10.8. The molecule has 1 N–H and O–H groups in total. The van der Waals surface area contributed by atoms with Crippen molar-refractivity contribution in [3.8, 4) is 5.75 Å². The monoisotopic (exact) mass is 572 g/mol. The summed E-state index contributed by atoms with van der Waals surface area (Å²) >= 11 is 3.45. The Morgan fingerprint density at radius 2 is 1.63 bits per heavy atom. The zero-order chi connectivity index (χ0) is 26.9. The Labute approximate surface area is 232 Å². The lowest BCUT2D eigenvalue weighted by Gasteiger charge is -2.23. The first-order chi connectivity index (χ1) is 18.5. The number of carbonyl (C=O) groups excluding carboxylic acids is 2. The molecule has 196 valence electrons. The van der Waals surface area contributed by atoms with Gasteiger partial charge in [-0.25, -0.2) is 0 Å². The number of fused-ring (bicyclic) bond motifs is 1. The van der Waals surface area contributed by atoms with Crippen molar-refractivity contribution in [1.82, 2.24) is 0 Å². The fourth-order valence-electron chi connectivity index (χ4n) is 4.43. The quantitative estimate of drug-likeness (QED) is 0.183. The second-order valence-electron chi connectivity index (χ2n) is 9.13. The van der Waals surface area contributed by atoms with Crippen molar-refractivity contribution in [2.75, 3.05) is 23.4 Å². The minimum absolute atomic E-state index is 0.0903. The van der Waals surface area contributed by atoms with E-state index >= 15 is 0 Å². The third-order valence-electron chi connectivity index (χ3n) is 6.45.